The molecule has 3 N–H and O–H groups in total. The van der Waals surface area contributed by atoms with Gasteiger partial charge in [-0.25, -0.2) is 0 Å². The summed E-state index contributed by atoms with van der Waals surface area (Å²) in [5.74, 6) is -2.83. The summed E-state index contributed by atoms with van der Waals surface area (Å²) < 4.78 is 0. The van der Waals surface area contributed by atoms with Crippen LogP contribution in [-0.4, -0.2) is 32.9 Å². The Morgan fingerprint density at radius 1 is 1.12 bits per heavy atom. The molecule has 3 fully saturated rings. The van der Waals surface area contributed by atoms with Crippen molar-refractivity contribution in [3.63, 3.8) is 0 Å². The second-order valence-electron chi connectivity index (χ2n) is 9.31. The van der Waals surface area contributed by atoms with Crippen LogP contribution >= 0.6 is 0 Å². The van der Waals surface area contributed by atoms with Gasteiger partial charge < -0.3 is 15.3 Å². The van der Waals surface area contributed by atoms with Crippen molar-refractivity contribution in [2.24, 2.45) is 34.5 Å². The summed E-state index contributed by atoms with van der Waals surface area (Å²) in [7, 11) is 0. The second-order valence-corrected chi connectivity index (χ2v) is 9.31. The van der Waals surface area contributed by atoms with Crippen LogP contribution in [0.25, 0.3) is 0 Å². The van der Waals surface area contributed by atoms with Crippen LogP contribution in [0.15, 0.2) is 11.6 Å². The number of carboxylic acids is 1. The van der Waals surface area contributed by atoms with Gasteiger partial charge in [-0.05, 0) is 67.8 Å². The first kappa shape index (κ1) is 17.2. The smallest absolute Gasteiger partial charge is 0.314 e. The molecular weight excluding hydrogens is 320 g/mol. The van der Waals surface area contributed by atoms with E-state index in [0.29, 0.717) is 24.7 Å². The minimum Gasteiger partial charge on any atom is -0.481 e. The van der Waals surface area contributed by atoms with Crippen LogP contribution < -0.4 is 0 Å². The largest absolute Gasteiger partial charge is 0.481 e. The van der Waals surface area contributed by atoms with Gasteiger partial charge in [0.1, 0.15) is 5.92 Å². The predicted octanol–water partition coefficient (Wildman–Crippen LogP) is 2.51. The minimum atomic E-state index is -1.59. The summed E-state index contributed by atoms with van der Waals surface area (Å²) in [5, 5.41) is 30.5. The molecule has 0 saturated heterocycles. The van der Waals surface area contributed by atoms with Crippen molar-refractivity contribution in [1.82, 2.24) is 0 Å². The molecule has 3 saturated carbocycles. The Balaban J connectivity index is 1.70. The average molecular weight is 348 g/mol. The Labute approximate surface area is 148 Å². The van der Waals surface area contributed by atoms with Crippen LogP contribution in [0.5, 0.6) is 0 Å². The Morgan fingerprint density at radius 2 is 1.80 bits per heavy atom. The minimum absolute atomic E-state index is 0.253. The zero-order chi connectivity index (χ0) is 18.2. The first-order chi connectivity index (χ1) is 11.6. The van der Waals surface area contributed by atoms with Gasteiger partial charge in [0.15, 0.2) is 11.6 Å². The highest BCUT2D eigenvalue weighted by atomic mass is 16.5. The van der Waals surface area contributed by atoms with E-state index in [4.69, 9.17) is 0 Å². The molecule has 5 heteroatoms. The third-order valence-corrected chi connectivity index (χ3v) is 8.43. The lowest BCUT2D eigenvalue weighted by Gasteiger charge is -2.58. The van der Waals surface area contributed by atoms with E-state index in [1.165, 1.54) is 0 Å². The molecule has 0 spiro atoms. The summed E-state index contributed by atoms with van der Waals surface area (Å²) in [4.78, 5) is 23.7. The first-order valence-electron chi connectivity index (χ1n) is 9.52. The zero-order valence-corrected chi connectivity index (χ0v) is 15.0. The van der Waals surface area contributed by atoms with Crippen molar-refractivity contribution in [2.45, 2.75) is 64.6 Å². The first-order valence-corrected chi connectivity index (χ1v) is 9.52. The van der Waals surface area contributed by atoms with Gasteiger partial charge in [0, 0.05) is 11.8 Å². The molecule has 4 aliphatic rings. The molecule has 6 atom stereocenters. The number of allylic oxidation sites excluding steroid dienone is 1. The number of rotatable bonds is 1. The third-order valence-electron chi connectivity index (χ3n) is 8.43. The van der Waals surface area contributed by atoms with E-state index in [-0.39, 0.29) is 17.1 Å². The number of carbonyl (C=O) groups excluding carboxylic acids is 1. The fourth-order valence-electron chi connectivity index (χ4n) is 6.84. The molecule has 25 heavy (non-hydrogen) atoms. The molecule has 0 bridgehead atoms. The fourth-order valence-corrected chi connectivity index (χ4v) is 6.84. The lowest BCUT2D eigenvalue weighted by molar-refractivity contribution is -0.247. The van der Waals surface area contributed by atoms with Crippen molar-refractivity contribution in [1.29, 1.82) is 0 Å². The number of carboxylic acid groups (broad SMARTS) is 1. The van der Waals surface area contributed by atoms with Crippen LogP contribution in [-0.2, 0) is 9.59 Å². The molecule has 4 aliphatic carbocycles. The van der Waals surface area contributed by atoms with Gasteiger partial charge in [0.05, 0.1) is 0 Å². The van der Waals surface area contributed by atoms with Crippen LogP contribution in [0.2, 0.25) is 0 Å². The Bertz CT molecular complexity index is 665. The average Bonchev–Trinajstić information content (AvgIpc) is 2.77. The maximum Gasteiger partial charge on any atom is 0.314 e. The molecule has 0 amide bonds. The molecule has 1 unspecified atom stereocenters. The highest BCUT2D eigenvalue weighted by molar-refractivity contribution is 6.05. The Hall–Kier alpha value is -1.20. The van der Waals surface area contributed by atoms with Gasteiger partial charge in [-0.3, -0.25) is 9.59 Å². The molecule has 0 radical (unpaired) electrons. The van der Waals surface area contributed by atoms with Gasteiger partial charge >= 0.3 is 5.97 Å². The van der Waals surface area contributed by atoms with E-state index >= 15 is 0 Å². The molecule has 0 aromatic heterocycles. The van der Waals surface area contributed by atoms with E-state index in [1.807, 2.05) is 6.92 Å². The summed E-state index contributed by atoms with van der Waals surface area (Å²) in [6, 6.07) is 0. The standard InChI is InChI=1S/C20H28O5/c1-18-10-13(17(22)23)16(21)9-11(18)3-4-12-14(18)5-7-19(2)15(12)6-8-20(19,24)25/h9,12-15,24-25H,3-8,10H2,1-2H3,(H,22,23)/t12-,13?,14-,15+,18+,19+/m1/s1. The highest BCUT2D eigenvalue weighted by Crippen LogP contribution is 2.67. The number of fused-ring (bicyclic) bond motifs is 5. The van der Waals surface area contributed by atoms with Gasteiger partial charge in [0.25, 0.3) is 0 Å². The van der Waals surface area contributed by atoms with E-state index in [9.17, 15) is 24.9 Å². The summed E-state index contributed by atoms with van der Waals surface area (Å²) >= 11 is 0. The topological polar surface area (TPSA) is 94.8 Å². The van der Waals surface area contributed by atoms with Crippen LogP contribution in [0.4, 0.5) is 0 Å². The van der Waals surface area contributed by atoms with Crippen molar-refractivity contribution in [2.75, 3.05) is 0 Å². The Kier molecular flexibility index (Phi) is 3.56. The van der Waals surface area contributed by atoms with E-state index in [0.717, 1.165) is 37.7 Å². The maximum absolute atomic E-state index is 12.2. The monoisotopic (exact) mass is 348 g/mol. The molecule has 4 rings (SSSR count). The number of aliphatic hydroxyl groups is 2. The van der Waals surface area contributed by atoms with Crippen molar-refractivity contribution < 1.29 is 24.9 Å². The zero-order valence-electron chi connectivity index (χ0n) is 15.0. The number of aliphatic carboxylic acids is 1. The van der Waals surface area contributed by atoms with Gasteiger partial charge in [-0.15, -0.1) is 0 Å². The quantitative estimate of drug-likeness (QED) is 0.500. The van der Waals surface area contributed by atoms with E-state index in [1.54, 1.807) is 6.08 Å². The fraction of sp³-hybridized carbons (Fsp3) is 0.800. The van der Waals surface area contributed by atoms with Crippen LogP contribution in [0.1, 0.15) is 58.8 Å². The van der Waals surface area contributed by atoms with Gasteiger partial charge in [-0.1, -0.05) is 19.4 Å². The highest BCUT2D eigenvalue weighted by Gasteiger charge is 2.64. The predicted molar refractivity (Wildman–Crippen MR) is 90.4 cm³/mol. The molecule has 0 aromatic carbocycles. The van der Waals surface area contributed by atoms with Crippen LogP contribution in [0, 0.1) is 34.5 Å². The normalized spacial score (nSPS) is 48.2. The molecule has 5 nitrogen and oxygen atoms in total. The van der Waals surface area contributed by atoms with Crippen molar-refractivity contribution in [3.8, 4) is 0 Å². The van der Waals surface area contributed by atoms with E-state index < -0.39 is 23.1 Å². The number of hydrogen-bond acceptors (Lipinski definition) is 4. The van der Waals surface area contributed by atoms with Gasteiger partial charge in [0.2, 0.25) is 0 Å². The number of hydrogen-bond donors (Lipinski definition) is 3. The lowest BCUT2D eigenvalue weighted by Crippen LogP contribution is -2.55. The number of carbonyl (C=O) groups is 2. The molecule has 138 valence electrons. The SMILES string of the molecule is C[C@]12CC(C(=O)O)C(=O)C=C1CC[C@@H]1[C@H]2CC[C@@]2(C)[C@H]1CCC2(O)O. The molecule has 0 aromatic rings. The van der Waals surface area contributed by atoms with Crippen LogP contribution in [0.3, 0.4) is 0 Å². The molecule has 0 aliphatic heterocycles. The number of ketones is 1. The molecule has 0 heterocycles. The summed E-state index contributed by atoms with van der Waals surface area (Å²) in [5.41, 5.74) is 0.400. The summed E-state index contributed by atoms with van der Waals surface area (Å²) in [6.45, 7) is 4.15. The van der Waals surface area contributed by atoms with Crippen molar-refractivity contribution >= 4 is 11.8 Å². The maximum atomic E-state index is 12.2. The Morgan fingerprint density at radius 3 is 2.48 bits per heavy atom. The second kappa shape index (κ2) is 5.17. The third kappa shape index (κ3) is 2.15. The van der Waals surface area contributed by atoms with Crippen molar-refractivity contribution in [3.05, 3.63) is 11.6 Å². The van der Waals surface area contributed by atoms with Gasteiger partial charge in [-0.2, -0.15) is 0 Å². The molecular formula is C20H28O5. The summed E-state index contributed by atoms with van der Waals surface area (Å²) in [6.07, 6.45) is 6.66. The lowest BCUT2D eigenvalue weighted by atomic mass is 9.46. The van der Waals surface area contributed by atoms with E-state index in [2.05, 4.69) is 6.92 Å².